The molecule has 7 heteroatoms. The van der Waals surface area contributed by atoms with Gasteiger partial charge in [0.1, 0.15) is 17.2 Å². The van der Waals surface area contributed by atoms with Crippen LogP contribution < -0.4 is 10.2 Å². The van der Waals surface area contributed by atoms with Crippen LogP contribution in [-0.4, -0.2) is 41.4 Å². The third kappa shape index (κ3) is 5.55. The monoisotopic (exact) mass is 429 g/mol. The highest BCUT2D eigenvalue weighted by atomic mass is 32.1. The van der Waals surface area contributed by atoms with Gasteiger partial charge in [-0.2, -0.15) is 5.10 Å². The molecule has 30 heavy (non-hydrogen) atoms. The number of hydrogen-bond acceptors (Lipinski definition) is 3. The predicted molar refractivity (Wildman–Crippen MR) is 120 cm³/mol. The van der Waals surface area contributed by atoms with E-state index < -0.39 is 0 Å². The number of halogens is 1. The highest BCUT2D eigenvalue weighted by Gasteiger charge is 2.20. The third-order valence-electron chi connectivity index (χ3n) is 5.33. The fraction of sp³-hybridized carbons (Fsp3) is 0.391. The van der Waals surface area contributed by atoms with Gasteiger partial charge in [0.15, 0.2) is 0 Å². The quantitative estimate of drug-likeness (QED) is 0.518. The fourth-order valence-corrected chi connectivity index (χ4v) is 4.18. The van der Waals surface area contributed by atoms with E-state index in [1.165, 1.54) is 12.1 Å². The van der Waals surface area contributed by atoms with Gasteiger partial charge in [0.05, 0.1) is 30.2 Å². The Balaban J connectivity index is 1.76. The second-order valence-electron chi connectivity index (χ2n) is 7.50. The maximum Gasteiger partial charge on any atom is 0.270 e. The molecule has 0 saturated carbocycles. The van der Waals surface area contributed by atoms with Crippen molar-refractivity contribution in [1.82, 2.24) is 15.1 Å². The maximum absolute atomic E-state index is 13.4. The van der Waals surface area contributed by atoms with Crippen molar-refractivity contribution in [2.75, 3.05) is 19.6 Å². The zero-order valence-corrected chi connectivity index (χ0v) is 18.6. The minimum Gasteiger partial charge on any atom is -0.348 e. The molecule has 0 saturated heterocycles. The molecule has 0 aliphatic carbocycles. The number of hydrogen-bond donors (Lipinski definition) is 2. The van der Waals surface area contributed by atoms with Gasteiger partial charge < -0.3 is 10.2 Å². The molecule has 5 nitrogen and oxygen atoms in total. The average Bonchev–Trinajstić information content (AvgIpc) is 3.41. The number of amides is 1. The van der Waals surface area contributed by atoms with Gasteiger partial charge in [0.25, 0.3) is 5.91 Å². The summed E-state index contributed by atoms with van der Waals surface area (Å²) < 4.78 is 15.0. The molecular formula is C23H30FN4OS+. The van der Waals surface area contributed by atoms with Gasteiger partial charge in [0, 0.05) is 6.04 Å². The summed E-state index contributed by atoms with van der Waals surface area (Å²) in [5.41, 5.74) is 1.84. The molecule has 3 rings (SSSR count). The molecule has 2 heterocycles. The number of nitrogens with zero attached hydrogens (tertiary/aromatic N) is 2. The number of carbonyl (C=O) groups is 1. The first-order valence-corrected chi connectivity index (χ1v) is 11.4. The molecule has 0 spiro atoms. The van der Waals surface area contributed by atoms with Crippen molar-refractivity contribution in [2.24, 2.45) is 0 Å². The van der Waals surface area contributed by atoms with Crippen LogP contribution in [0.4, 0.5) is 4.39 Å². The van der Waals surface area contributed by atoms with Crippen LogP contribution in [0.1, 0.15) is 44.1 Å². The normalized spacial score (nSPS) is 12.3. The minimum absolute atomic E-state index is 0.0641. The van der Waals surface area contributed by atoms with Crippen LogP contribution in [0.15, 0.2) is 47.8 Å². The van der Waals surface area contributed by atoms with E-state index in [0.29, 0.717) is 11.4 Å². The van der Waals surface area contributed by atoms with E-state index >= 15 is 0 Å². The highest BCUT2D eigenvalue weighted by molar-refractivity contribution is 7.13. The second-order valence-corrected chi connectivity index (χ2v) is 8.45. The van der Waals surface area contributed by atoms with Gasteiger partial charge in [-0.05, 0) is 75.4 Å². The molecule has 160 valence electrons. The number of benzene rings is 1. The standard InChI is InChI=1S/C23H29FN4OS/c1-4-27(5-2)14-6-8-17(3)25-23(29)21-16-20(22-9-7-15-30-22)26-28(21)19-12-10-18(24)11-13-19/h7,9-13,15-17H,4-6,8,14H2,1-3H3,(H,25,29)/p+1/t17-/m0/s1. The van der Waals surface area contributed by atoms with Crippen LogP contribution in [0.3, 0.4) is 0 Å². The van der Waals surface area contributed by atoms with E-state index in [1.807, 2.05) is 24.4 Å². The van der Waals surface area contributed by atoms with Crippen LogP contribution in [0.5, 0.6) is 0 Å². The minimum atomic E-state index is -0.320. The summed E-state index contributed by atoms with van der Waals surface area (Å²) in [6, 6.07) is 11.8. The van der Waals surface area contributed by atoms with E-state index in [0.717, 1.165) is 43.0 Å². The van der Waals surface area contributed by atoms with Crippen molar-refractivity contribution in [3.8, 4) is 16.3 Å². The van der Waals surface area contributed by atoms with Crippen LogP contribution in [0.2, 0.25) is 0 Å². The van der Waals surface area contributed by atoms with E-state index in [-0.39, 0.29) is 17.8 Å². The summed E-state index contributed by atoms with van der Waals surface area (Å²) in [5, 5.41) is 9.71. The number of nitrogens with one attached hydrogen (secondary N) is 2. The Morgan fingerprint density at radius 1 is 1.23 bits per heavy atom. The molecule has 0 unspecified atom stereocenters. The van der Waals surface area contributed by atoms with E-state index in [4.69, 9.17) is 0 Å². The fourth-order valence-electron chi connectivity index (χ4n) is 3.50. The van der Waals surface area contributed by atoms with Crippen LogP contribution in [0.25, 0.3) is 16.3 Å². The van der Waals surface area contributed by atoms with Gasteiger partial charge in [0.2, 0.25) is 0 Å². The van der Waals surface area contributed by atoms with Gasteiger partial charge in [-0.1, -0.05) is 6.07 Å². The molecule has 0 radical (unpaired) electrons. The van der Waals surface area contributed by atoms with Crippen LogP contribution >= 0.6 is 11.3 Å². The average molecular weight is 430 g/mol. The van der Waals surface area contributed by atoms with Crippen molar-refractivity contribution in [2.45, 2.75) is 39.7 Å². The molecule has 3 aromatic rings. The lowest BCUT2D eigenvalue weighted by Crippen LogP contribution is -3.11. The van der Waals surface area contributed by atoms with Gasteiger partial charge >= 0.3 is 0 Å². The SMILES string of the molecule is CC[NH+](CC)CCC[C@H](C)NC(=O)c1cc(-c2cccs2)nn1-c1ccc(F)cc1. The van der Waals surface area contributed by atoms with Crippen LogP contribution in [-0.2, 0) is 0 Å². The summed E-state index contributed by atoms with van der Waals surface area (Å²) in [6.45, 7) is 9.80. The van der Waals surface area contributed by atoms with Crippen molar-refractivity contribution >= 4 is 17.2 Å². The van der Waals surface area contributed by atoms with E-state index in [1.54, 1.807) is 39.1 Å². The number of carbonyl (C=O) groups excluding carboxylic acids is 1. The smallest absolute Gasteiger partial charge is 0.270 e. The number of thiophene rings is 1. The Morgan fingerprint density at radius 3 is 2.60 bits per heavy atom. The van der Waals surface area contributed by atoms with Gasteiger partial charge in [-0.25, -0.2) is 9.07 Å². The molecule has 1 amide bonds. The molecule has 2 N–H and O–H groups in total. The van der Waals surface area contributed by atoms with Crippen molar-refractivity contribution < 1.29 is 14.1 Å². The Labute approximate surface area is 181 Å². The lowest BCUT2D eigenvalue weighted by atomic mass is 10.1. The number of quaternary nitrogens is 1. The molecule has 0 bridgehead atoms. The van der Waals surface area contributed by atoms with Crippen LogP contribution in [0, 0.1) is 5.82 Å². The molecule has 2 aromatic heterocycles. The molecule has 0 aliphatic heterocycles. The third-order valence-corrected chi connectivity index (χ3v) is 6.22. The highest BCUT2D eigenvalue weighted by Crippen LogP contribution is 2.26. The van der Waals surface area contributed by atoms with Gasteiger partial charge in [-0.3, -0.25) is 4.79 Å². The van der Waals surface area contributed by atoms with Gasteiger partial charge in [-0.15, -0.1) is 11.3 Å². The Morgan fingerprint density at radius 2 is 1.97 bits per heavy atom. The lowest BCUT2D eigenvalue weighted by molar-refractivity contribution is -0.896. The topological polar surface area (TPSA) is 51.4 Å². The Hall–Kier alpha value is -2.51. The largest absolute Gasteiger partial charge is 0.348 e. The van der Waals surface area contributed by atoms with Crippen molar-refractivity contribution in [3.63, 3.8) is 0 Å². The maximum atomic E-state index is 13.4. The summed E-state index contributed by atoms with van der Waals surface area (Å²) >= 11 is 1.57. The summed E-state index contributed by atoms with van der Waals surface area (Å²) in [7, 11) is 0. The number of aromatic nitrogens is 2. The number of rotatable bonds is 10. The van der Waals surface area contributed by atoms with Crippen molar-refractivity contribution in [3.05, 3.63) is 59.4 Å². The summed E-state index contributed by atoms with van der Waals surface area (Å²) in [6.07, 6.45) is 1.99. The lowest BCUT2D eigenvalue weighted by Gasteiger charge is -2.18. The Kier molecular flexibility index (Phi) is 7.76. The molecular weight excluding hydrogens is 399 g/mol. The molecule has 0 fully saturated rings. The first-order chi connectivity index (χ1) is 14.5. The summed E-state index contributed by atoms with van der Waals surface area (Å²) in [5.74, 6) is -0.489. The zero-order valence-electron chi connectivity index (χ0n) is 17.8. The molecule has 1 aromatic carbocycles. The van der Waals surface area contributed by atoms with E-state index in [9.17, 15) is 9.18 Å². The first kappa shape index (κ1) is 22.2. The molecule has 0 aliphatic rings. The van der Waals surface area contributed by atoms with Crippen molar-refractivity contribution in [1.29, 1.82) is 0 Å². The van der Waals surface area contributed by atoms with E-state index in [2.05, 4.69) is 24.3 Å². The predicted octanol–water partition coefficient (Wildman–Crippen LogP) is 3.56. The summed E-state index contributed by atoms with van der Waals surface area (Å²) in [4.78, 5) is 15.6. The zero-order chi connectivity index (χ0) is 21.5. The first-order valence-electron chi connectivity index (χ1n) is 10.6. The Bertz CT molecular complexity index is 933. The second kappa shape index (κ2) is 10.5. The molecule has 1 atom stereocenters.